The maximum absolute atomic E-state index is 4.60. The number of aliphatic imine (C=N–C) groups is 1. The quantitative estimate of drug-likeness (QED) is 0.399. The summed E-state index contributed by atoms with van der Waals surface area (Å²) in [6, 6.07) is 0. The van der Waals surface area contributed by atoms with Gasteiger partial charge in [-0.2, -0.15) is 5.10 Å². The molecule has 2 aromatic rings. The minimum absolute atomic E-state index is 0. The third-order valence-corrected chi connectivity index (χ3v) is 5.23. The number of aromatic amines is 1. The molecule has 0 spiro atoms. The van der Waals surface area contributed by atoms with Crippen molar-refractivity contribution in [2.45, 2.75) is 25.3 Å². The summed E-state index contributed by atoms with van der Waals surface area (Å²) < 4.78 is 0. The average molecular weight is 476 g/mol. The molecule has 0 bridgehead atoms. The number of halogens is 1. The summed E-state index contributed by atoms with van der Waals surface area (Å²) in [5.41, 5.74) is 1.04. The lowest BCUT2D eigenvalue weighted by molar-refractivity contribution is 0.298. The second kappa shape index (κ2) is 9.32. The Balaban J connectivity index is 0.00000225. The molecule has 0 unspecified atom stereocenters. The fraction of sp³-hybridized carbons (Fsp3) is 0.600. The van der Waals surface area contributed by atoms with Crippen LogP contribution >= 0.6 is 35.3 Å². The van der Waals surface area contributed by atoms with Crippen LogP contribution in [0.15, 0.2) is 16.7 Å². The Hall–Kier alpha value is -1.43. The highest BCUT2D eigenvalue weighted by atomic mass is 127. The van der Waals surface area contributed by atoms with E-state index in [1.807, 2.05) is 26.0 Å². The van der Waals surface area contributed by atoms with E-state index in [9.17, 15) is 0 Å². The molecule has 0 aromatic carbocycles. The Labute approximate surface area is 169 Å². The molecule has 138 valence electrons. The number of H-pyrrole nitrogens is 1. The first-order valence-electron chi connectivity index (χ1n) is 8.10. The molecule has 3 heterocycles. The number of guanidine groups is 1. The van der Waals surface area contributed by atoms with E-state index in [2.05, 4.69) is 40.8 Å². The fourth-order valence-corrected chi connectivity index (χ4v) is 3.62. The number of aromatic nitrogens is 4. The van der Waals surface area contributed by atoms with Crippen molar-refractivity contribution in [1.82, 2.24) is 30.4 Å². The van der Waals surface area contributed by atoms with Crippen LogP contribution in [0.25, 0.3) is 0 Å². The van der Waals surface area contributed by atoms with Crippen molar-refractivity contribution in [3.05, 3.63) is 23.2 Å². The topological polar surface area (TPSA) is 85.3 Å². The Kier molecular flexibility index (Phi) is 7.41. The summed E-state index contributed by atoms with van der Waals surface area (Å²) in [5, 5.41) is 13.5. The molecule has 1 aliphatic heterocycles. The molecule has 2 aromatic heterocycles. The number of thiazole rings is 1. The fourth-order valence-electron chi connectivity index (χ4n) is 2.86. The number of hydrogen-bond acceptors (Lipinski definition) is 6. The first-order valence-corrected chi connectivity index (χ1v) is 8.98. The summed E-state index contributed by atoms with van der Waals surface area (Å²) in [6.07, 6.45) is 3.69. The van der Waals surface area contributed by atoms with Crippen molar-refractivity contribution in [2.75, 3.05) is 39.1 Å². The van der Waals surface area contributed by atoms with Gasteiger partial charge in [-0.15, -0.1) is 35.3 Å². The lowest BCUT2D eigenvalue weighted by Crippen LogP contribution is -2.45. The highest BCUT2D eigenvalue weighted by Crippen LogP contribution is 2.25. The predicted molar refractivity (Wildman–Crippen MR) is 112 cm³/mol. The molecule has 1 aliphatic rings. The van der Waals surface area contributed by atoms with E-state index in [-0.39, 0.29) is 24.0 Å². The zero-order valence-corrected chi connectivity index (χ0v) is 17.9. The van der Waals surface area contributed by atoms with Gasteiger partial charge >= 0.3 is 0 Å². The van der Waals surface area contributed by atoms with Crippen LogP contribution in [0.1, 0.15) is 30.3 Å². The summed E-state index contributed by atoms with van der Waals surface area (Å²) in [5.74, 6) is 2.39. The number of rotatable bonds is 4. The molecule has 8 nitrogen and oxygen atoms in total. The van der Waals surface area contributed by atoms with Crippen molar-refractivity contribution in [1.29, 1.82) is 0 Å². The van der Waals surface area contributed by atoms with E-state index in [0.29, 0.717) is 12.5 Å². The molecule has 0 amide bonds. The van der Waals surface area contributed by atoms with Gasteiger partial charge < -0.3 is 15.1 Å². The normalized spacial score (nSPS) is 15.8. The van der Waals surface area contributed by atoms with Gasteiger partial charge in [0.2, 0.25) is 0 Å². The standard InChI is InChI=1S/C15H24N8S.HI/c1-16-14(17-8-12-9-24-15(20-12)22(2)3)23-6-4-11(5-7-23)13-18-10-19-21-13;/h9-11H,4-8H2,1-3H3,(H,16,17)(H,18,19,21);1H. The third-order valence-electron chi connectivity index (χ3n) is 4.18. The molecular formula is C15H25IN8S. The van der Waals surface area contributed by atoms with Gasteiger partial charge in [-0.1, -0.05) is 0 Å². The van der Waals surface area contributed by atoms with Crippen LogP contribution in [-0.2, 0) is 6.54 Å². The maximum atomic E-state index is 4.60. The van der Waals surface area contributed by atoms with E-state index in [1.165, 1.54) is 0 Å². The molecule has 25 heavy (non-hydrogen) atoms. The Morgan fingerprint density at radius 3 is 2.76 bits per heavy atom. The number of nitrogens with one attached hydrogen (secondary N) is 2. The van der Waals surface area contributed by atoms with Gasteiger partial charge in [0, 0.05) is 45.5 Å². The van der Waals surface area contributed by atoms with Gasteiger partial charge in [-0.05, 0) is 12.8 Å². The summed E-state index contributed by atoms with van der Waals surface area (Å²) in [6.45, 7) is 2.62. The molecule has 0 saturated carbocycles. The van der Waals surface area contributed by atoms with Crippen LogP contribution in [0.3, 0.4) is 0 Å². The zero-order valence-electron chi connectivity index (χ0n) is 14.8. The zero-order chi connectivity index (χ0) is 16.9. The van der Waals surface area contributed by atoms with Crippen molar-refractivity contribution < 1.29 is 0 Å². The number of piperidine rings is 1. The Morgan fingerprint density at radius 1 is 1.44 bits per heavy atom. The van der Waals surface area contributed by atoms with Gasteiger partial charge in [-0.25, -0.2) is 9.97 Å². The highest BCUT2D eigenvalue weighted by molar-refractivity contribution is 14.0. The van der Waals surface area contributed by atoms with E-state index in [1.54, 1.807) is 17.7 Å². The minimum atomic E-state index is 0. The monoisotopic (exact) mass is 476 g/mol. The molecule has 0 aliphatic carbocycles. The van der Waals surface area contributed by atoms with Gasteiger partial charge in [0.15, 0.2) is 11.1 Å². The van der Waals surface area contributed by atoms with Gasteiger partial charge in [0.25, 0.3) is 0 Å². The van der Waals surface area contributed by atoms with E-state index >= 15 is 0 Å². The van der Waals surface area contributed by atoms with Crippen LogP contribution in [0.4, 0.5) is 5.13 Å². The first-order chi connectivity index (χ1) is 11.7. The number of nitrogens with zero attached hydrogens (tertiary/aromatic N) is 6. The second-order valence-electron chi connectivity index (χ2n) is 6.05. The third kappa shape index (κ3) is 5.03. The van der Waals surface area contributed by atoms with Crippen molar-refractivity contribution >= 4 is 46.4 Å². The lowest BCUT2D eigenvalue weighted by atomic mass is 9.96. The highest BCUT2D eigenvalue weighted by Gasteiger charge is 2.24. The number of anilines is 1. The van der Waals surface area contributed by atoms with Gasteiger partial charge in [0.05, 0.1) is 12.2 Å². The SMILES string of the molecule is CN=C(NCc1csc(N(C)C)n1)N1CCC(c2ncn[nH]2)CC1.I. The average Bonchev–Trinajstić information content (AvgIpc) is 3.28. The molecule has 0 radical (unpaired) electrons. The summed E-state index contributed by atoms with van der Waals surface area (Å²) in [4.78, 5) is 17.6. The van der Waals surface area contributed by atoms with Crippen molar-refractivity contribution in [3.63, 3.8) is 0 Å². The van der Waals surface area contributed by atoms with Crippen LogP contribution in [0.5, 0.6) is 0 Å². The number of hydrogen-bond donors (Lipinski definition) is 2. The van der Waals surface area contributed by atoms with Crippen LogP contribution in [0, 0.1) is 0 Å². The van der Waals surface area contributed by atoms with Crippen molar-refractivity contribution in [3.8, 4) is 0 Å². The Bertz CT molecular complexity index is 661. The smallest absolute Gasteiger partial charge is 0.193 e. The van der Waals surface area contributed by atoms with Crippen LogP contribution in [0.2, 0.25) is 0 Å². The molecule has 1 fully saturated rings. The minimum Gasteiger partial charge on any atom is -0.354 e. The number of likely N-dealkylation sites (tertiary alicyclic amines) is 1. The predicted octanol–water partition coefficient (Wildman–Crippen LogP) is 1.90. The molecule has 10 heteroatoms. The second-order valence-corrected chi connectivity index (χ2v) is 6.89. The molecule has 2 N–H and O–H groups in total. The largest absolute Gasteiger partial charge is 0.354 e. The van der Waals surface area contributed by atoms with Gasteiger partial charge in [0.1, 0.15) is 12.2 Å². The van der Waals surface area contributed by atoms with Gasteiger partial charge in [-0.3, -0.25) is 10.1 Å². The molecule has 3 rings (SSSR count). The van der Waals surface area contributed by atoms with E-state index in [0.717, 1.165) is 48.5 Å². The first kappa shape index (κ1) is 19.9. The summed E-state index contributed by atoms with van der Waals surface area (Å²) >= 11 is 1.66. The van der Waals surface area contributed by atoms with Crippen LogP contribution < -0.4 is 10.2 Å². The van der Waals surface area contributed by atoms with Crippen molar-refractivity contribution in [2.24, 2.45) is 4.99 Å². The molecular weight excluding hydrogens is 451 g/mol. The summed E-state index contributed by atoms with van der Waals surface area (Å²) in [7, 11) is 5.85. The molecule has 0 atom stereocenters. The lowest BCUT2D eigenvalue weighted by Gasteiger charge is -2.33. The van der Waals surface area contributed by atoms with E-state index in [4.69, 9.17) is 0 Å². The maximum Gasteiger partial charge on any atom is 0.193 e. The Morgan fingerprint density at radius 2 is 2.20 bits per heavy atom. The van der Waals surface area contributed by atoms with E-state index < -0.39 is 0 Å². The molecule has 1 saturated heterocycles. The van der Waals surface area contributed by atoms with Crippen LogP contribution in [-0.4, -0.2) is 65.3 Å².